The van der Waals surface area contributed by atoms with E-state index in [1.807, 2.05) is 6.07 Å². The van der Waals surface area contributed by atoms with E-state index in [4.69, 9.17) is 5.11 Å². The molecule has 1 amide bonds. The maximum absolute atomic E-state index is 13.8. The number of carboxylic acids is 1. The molecule has 0 radical (unpaired) electrons. The molecule has 2 saturated carbocycles. The average Bonchev–Trinajstić information content (AvgIpc) is 3.28. The Morgan fingerprint density at radius 3 is 2.63 bits per heavy atom. The molecule has 4 nitrogen and oxygen atoms in total. The number of nitrogens with zero attached hydrogens (tertiary/aromatic N) is 1. The van der Waals surface area contributed by atoms with Crippen molar-refractivity contribution in [2.45, 2.75) is 57.8 Å². The van der Waals surface area contributed by atoms with Crippen LogP contribution in [0.25, 0.3) is 0 Å². The van der Waals surface area contributed by atoms with E-state index in [0.29, 0.717) is 24.2 Å². The van der Waals surface area contributed by atoms with Crippen LogP contribution in [0.4, 0.5) is 0 Å². The first kappa shape index (κ1) is 18.5. The number of fused-ring (bicyclic) bond motifs is 2. The van der Waals surface area contributed by atoms with Gasteiger partial charge in [0.25, 0.3) is 0 Å². The Balaban J connectivity index is 1.52. The van der Waals surface area contributed by atoms with Crippen LogP contribution < -0.4 is 0 Å². The van der Waals surface area contributed by atoms with Crippen molar-refractivity contribution in [2.75, 3.05) is 13.1 Å². The summed E-state index contributed by atoms with van der Waals surface area (Å²) in [6.45, 7) is 1.59. The van der Waals surface area contributed by atoms with Crippen LogP contribution in [-0.4, -0.2) is 35.0 Å². The molecular weight excluding hydrogens is 338 g/mol. The number of carbonyl (C=O) groups is 2. The molecule has 1 aromatic carbocycles. The van der Waals surface area contributed by atoms with E-state index >= 15 is 0 Å². The fourth-order valence-electron chi connectivity index (χ4n) is 6.09. The molecule has 1 N–H and O–H groups in total. The summed E-state index contributed by atoms with van der Waals surface area (Å²) >= 11 is 0. The normalized spacial score (nSPS) is 32.6. The van der Waals surface area contributed by atoms with Gasteiger partial charge in [-0.15, -0.1) is 0 Å². The minimum absolute atomic E-state index is 0.215. The largest absolute Gasteiger partial charge is 0.481 e. The fraction of sp³-hybridized carbons (Fsp3) is 0.652. The summed E-state index contributed by atoms with van der Waals surface area (Å²) in [5.41, 5.74) is 1.05. The van der Waals surface area contributed by atoms with Crippen LogP contribution in [-0.2, 0) is 16.0 Å². The lowest BCUT2D eigenvalue weighted by molar-refractivity contribution is -0.147. The van der Waals surface area contributed by atoms with Crippen molar-refractivity contribution in [1.82, 2.24) is 4.90 Å². The van der Waals surface area contributed by atoms with Gasteiger partial charge in [0.1, 0.15) is 0 Å². The Morgan fingerprint density at radius 1 is 1.15 bits per heavy atom. The molecule has 2 aliphatic carbocycles. The van der Waals surface area contributed by atoms with Gasteiger partial charge in [0, 0.05) is 19.5 Å². The highest BCUT2D eigenvalue weighted by Crippen LogP contribution is 2.58. The lowest BCUT2D eigenvalue weighted by Gasteiger charge is -2.43. The van der Waals surface area contributed by atoms with Crippen molar-refractivity contribution in [2.24, 2.45) is 23.2 Å². The van der Waals surface area contributed by atoms with Crippen molar-refractivity contribution in [3.63, 3.8) is 0 Å². The van der Waals surface area contributed by atoms with Crippen molar-refractivity contribution >= 4 is 11.9 Å². The fourth-order valence-corrected chi connectivity index (χ4v) is 6.09. The number of carboxylic acid groups (broad SMARTS) is 1. The van der Waals surface area contributed by atoms with Crippen molar-refractivity contribution in [1.29, 1.82) is 0 Å². The smallest absolute Gasteiger partial charge is 0.303 e. The molecule has 4 heteroatoms. The van der Waals surface area contributed by atoms with Gasteiger partial charge >= 0.3 is 5.97 Å². The molecule has 1 aromatic rings. The third-order valence-corrected chi connectivity index (χ3v) is 7.34. The second kappa shape index (κ2) is 7.65. The summed E-state index contributed by atoms with van der Waals surface area (Å²) in [6.07, 6.45) is 8.57. The van der Waals surface area contributed by atoms with Crippen LogP contribution in [0.15, 0.2) is 30.3 Å². The third-order valence-electron chi connectivity index (χ3n) is 7.34. The Kier molecular flexibility index (Phi) is 5.25. The van der Waals surface area contributed by atoms with Gasteiger partial charge in [0.2, 0.25) is 5.91 Å². The first-order valence-corrected chi connectivity index (χ1v) is 10.6. The first-order valence-electron chi connectivity index (χ1n) is 10.6. The summed E-state index contributed by atoms with van der Waals surface area (Å²) < 4.78 is 0. The zero-order chi connectivity index (χ0) is 18.9. The molecule has 2 bridgehead atoms. The average molecular weight is 370 g/mol. The van der Waals surface area contributed by atoms with E-state index in [0.717, 1.165) is 44.7 Å². The van der Waals surface area contributed by atoms with E-state index in [2.05, 4.69) is 29.2 Å². The summed E-state index contributed by atoms with van der Waals surface area (Å²) in [4.78, 5) is 26.8. The summed E-state index contributed by atoms with van der Waals surface area (Å²) in [5.74, 6) is 1.21. The third kappa shape index (κ3) is 3.76. The topological polar surface area (TPSA) is 57.6 Å². The van der Waals surface area contributed by atoms with E-state index in [1.54, 1.807) is 0 Å². The molecule has 4 atom stereocenters. The Bertz CT molecular complexity index is 688. The molecule has 146 valence electrons. The maximum atomic E-state index is 13.8. The molecule has 1 saturated heterocycles. The number of likely N-dealkylation sites (tertiary alicyclic amines) is 1. The summed E-state index contributed by atoms with van der Waals surface area (Å²) in [5, 5.41) is 8.99. The molecule has 4 unspecified atom stereocenters. The summed E-state index contributed by atoms with van der Waals surface area (Å²) in [6, 6.07) is 10.5. The van der Waals surface area contributed by atoms with Crippen LogP contribution >= 0.6 is 0 Å². The standard InChI is InChI=1S/C23H31NO3/c25-21(26)11-9-18-7-4-12-24(16-18)22(27)23(14-17-5-2-1-3-6-17)15-19-8-10-20(23)13-19/h1-3,5-6,18-20H,4,7-16H2,(H,25,26). The molecule has 1 aliphatic heterocycles. The lowest BCUT2D eigenvalue weighted by atomic mass is 9.68. The van der Waals surface area contributed by atoms with E-state index in [-0.39, 0.29) is 11.8 Å². The highest BCUT2D eigenvalue weighted by molar-refractivity contribution is 5.84. The van der Waals surface area contributed by atoms with Gasteiger partial charge in [0.05, 0.1) is 5.41 Å². The van der Waals surface area contributed by atoms with Crippen LogP contribution in [0.5, 0.6) is 0 Å². The highest BCUT2D eigenvalue weighted by atomic mass is 16.4. The van der Waals surface area contributed by atoms with E-state index < -0.39 is 5.97 Å². The monoisotopic (exact) mass is 369 g/mol. The number of rotatable bonds is 6. The van der Waals surface area contributed by atoms with Crippen LogP contribution in [0, 0.1) is 23.2 Å². The first-order chi connectivity index (χ1) is 13.1. The van der Waals surface area contributed by atoms with Gasteiger partial charge in [-0.25, -0.2) is 0 Å². The number of aliphatic carboxylic acids is 1. The van der Waals surface area contributed by atoms with Crippen molar-refractivity contribution in [3.8, 4) is 0 Å². The van der Waals surface area contributed by atoms with Gasteiger partial charge < -0.3 is 10.0 Å². The number of hydrogen-bond acceptors (Lipinski definition) is 2. The number of piperidine rings is 1. The minimum Gasteiger partial charge on any atom is -0.481 e. The Hall–Kier alpha value is -1.84. The molecule has 3 aliphatic rings. The molecule has 0 spiro atoms. The Morgan fingerprint density at radius 2 is 1.96 bits per heavy atom. The van der Waals surface area contributed by atoms with Gasteiger partial charge in [0.15, 0.2) is 0 Å². The lowest BCUT2D eigenvalue weighted by Crippen LogP contribution is -2.51. The van der Waals surface area contributed by atoms with E-state index in [1.165, 1.54) is 24.8 Å². The highest BCUT2D eigenvalue weighted by Gasteiger charge is 2.56. The molecule has 1 heterocycles. The molecule has 3 fully saturated rings. The van der Waals surface area contributed by atoms with Gasteiger partial charge in [-0.2, -0.15) is 0 Å². The zero-order valence-corrected chi connectivity index (χ0v) is 16.1. The number of amides is 1. The Labute approximate surface area is 161 Å². The van der Waals surface area contributed by atoms with Crippen molar-refractivity contribution < 1.29 is 14.7 Å². The van der Waals surface area contributed by atoms with E-state index in [9.17, 15) is 9.59 Å². The quantitative estimate of drug-likeness (QED) is 0.820. The van der Waals surface area contributed by atoms with Crippen LogP contribution in [0.2, 0.25) is 0 Å². The van der Waals surface area contributed by atoms with Crippen molar-refractivity contribution in [3.05, 3.63) is 35.9 Å². The SMILES string of the molecule is O=C(O)CCC1CCCN(C(=O)C2(Cc3ccccc3)CC3CCC2C3)C1. The number of hydrogen-bond donors (Lipinski definition) is 1. The molecular formula is C23H31NO3. The number of carbonyl (C=O) groups excluding carboxylic acids is 1. The predicted molar refractivity (Wildman–Crippen MR) is 104 cm³/mol. The molecule has 4 rings (SSSR count). The van der Waals surface area contributed by atoms with Gasteiger partial charge in [-0.05, 0) is 68.3 Å². The van der Waals surface area contributed by atoms with Gasteiger partial charge in [-0.1, -0.05) is 36.8 Å². The van der Waals surface area contributed by atoms with Gasteiger partial charge in [-0.3, -0.25) is 9.59 Å². The van der Waals surface area contributed by atoms with Crippen LogP contribution in [0.1, 0.15) is 56.9 Å². The maximum Gasteiger partial charge on any atom is 0.303 e. The molecule has 27 heavy (non-hydrogen) atoms. The molecule has 0 aromatic heterocycles. The van der Waals surface area contributed by atoms with Crippen LogP contribution in [0.3, 0.4) is 0 Å². The summed E-state index contributed by atoms with van der Waals surface area (Å²) in [7, 11) is 0. The minimum atomic E-state index is -0.730. The zero-order valence-electron chi connectivity index (χ0n) is 16.1. The second-order valence-corrected chi connectivity index (χ2v) is 9.09. The number of benzene rings is 1. The second-order valence-electron chi connectivity index (χ2n) is 9.09. The predicted octanol–water partition coefficient (Wildman–Crippen LogP) is 4.14.